The van der Waals surface area contributed by atoms with E-state index in [1.165, 1.54) is 40.7 Å². The van der Waals surface area contributed by atoms with Gasteiger partial charge in [-0.3, -0.25) is 0 Å². The highest BCUT2D eigenvalue weighted by atomic mass is 32.1. The Morgan fingerprint density at radius 2 is 1.88 bits per heavy atom. The Hall–Kier alpha value is -2.21. The van der Waals surface area contributed by atoms with E-state index >= 15 is 0 Å². The van der Waals surface area contributed by atoms with Crippen LogP contribution in [0.2, 0.25) is 0 Å². The molecule has 1 aliphatic carbocycles. The third kappa shape index (κ3) is 2.41. The minimum atomic E-state index is 1.00. The van der Waals surface area contributed by atoms with E-state index in [1.807, 2.05) is 17.5 Å². The first kappa shape index (κ1) is 14.2. The topological polar surface area (TPSA) is 45.2 Å². The van der Waals surface area contributed by atoms with Crippen molar-refractivity contribution in [1.82, 2.24) is 15.0 Å². The predicted octanol–water partition coefficient (Wildman–Crippen LogP) is 2.90. The van der Waals surface area contributed by atoms with Crippen LogP contribution in [0.4, 0.5) is 10.8 Å². The van der Waals surface area contributed by atoms with Gasteiger partial charge in [0.25, 0.3) is 0 Å². The van der Waals surface area contributed by atoms with E-state index in [2.05, 4.69) is 38.0 Å². The van der Waals surface area contributed by atoms with E-state index in [9.17, 15) is 0 Å². The fourth-order valence-corrected chi connectivity index (χ4v) is 4.84. The lowest BCUT2D eigenvalue weighted by Crippen LogP contribution is -2.46. The van der Waals surface area contributed by atoms with Crippen LogP contribution in [0.15, 0.2) is 30.7 Å². The zero-order valence-corrected chi connectivity index (χ0v) is 14.3. The first-order chi connectivity index (χ1) is 11.9. The zero-order chi connectivity index (χ0) is 15.9. The summed E-state index contributed by atoms with van der Waals surface area (Å²) < 4.78 is 0. The van der Waals surface area contributed by atoms with Crippen LogP contribution in [-0.2, 0) is 12.8 Å². The highest BCUT2D eigenvalue weighted by Gasteiger charge is 2.23. The molecule has 6 heteroatoms. The lowest BCUT2D eigenvalue weighted by molar-refractivity contribution is 0.651. The molecule has 0 atom stereocenters. The van der Waals surface area contributed by atoms with E-state index < -0.39 is 0 Å². The summed E-state index contributed by atoms with van der Waals surface area (Å²) in [5.41, 5.74) is 3.62. The van der Waals surface area contributed by atoms with Gasteiger partial charge >= 0.3 is 0 Å². The van der Waals surface area contributed by atoms with Gasteiger partial charge in [-0.1, -0.05) is 0 Å². The Labute approximate surface area is 145 Å². The van der Waals surface area contributed by atoms with Crippen molar-refractivity contribution in [3.8, 4) is 0 Å². The third-order valence-corrected chi connectivity index (χ3v) is 6.21. The third-order valence-electron chi connectivity index (χ3n) is 4.99. The van der Waals surface area contributed by atoms with E-state index in [0.717, 1.165) is 37.1 Å². The zero-order valence-electron chi connectivity index (χ0n) is 13.5. The molecule has 0 amide bonds. The number of aryl methyl sites for hydroxylation is 2. The summed E-state index contributed by atoms with van der Waals surface area (Å²) >= 11 is 1.91. The summed E-state index contributed by atoms with van der Waals surface area (Å²) in [6.45, 7) is 4.14. The van der Waals surface area contributed by atoms with Crippen molar-refractivity contribution < 1.29 is 0 Å². The SMILES string of the molecule is c1ncc2cc(N3CCN(c4nc5c(s4)CCC5)CC3)ccc2n1. The van der Waals surface area contributed by atoms with Crippen LogP contribution in [-0.4, -0.2) is 41.1 Å². The van der Waals surface area contributed by atoms with Crippen molar-refractivity contribution >= 4 is 33.1 Å². The summed E-state index contributed by atoms with van der Waals surface area (Å²) in [6.07, 6.45) is 7.18. The van der Waals surface area contributed by atoms with E-state index in [4.69, 9.17) is 4.98 Å². The monoisotopic (exact) mass is 337 g/mol. The number of rotatable bonds is 2. The van der Waals surface area contributed by atoms with Crippen LogP contribution >= 0.6 is 11.3 Å². The second-order valence-corrected chi connectivity index (χ2v) is 7.52. The van der Waals surface area contributed by atoms with Gasteiger partial charge in [0.1, 0.15) is 6.33 Å². The molecule has 0 unspecified atom stereocenters. The second kappa shape index (κ2) is 5.70. The fraction of sp³-hybridized carbons (Fsp3) is 0.389. The Morgan fingerprint density at radius 3 is 2.75 bits per heavy atom. The highest BCUT2D eigenvalue weighted by Crippen LogP contribution is 2.33. The Kier molecular flexibility index (Phi) is 3.36. The van der Waals surface area contributed by atoms with Crippen LogP contribution in [0.1, 0.15) is 17.0 Å². The van der Waals surface area contributed by atoms with Crippen LogP contribution in [0.25, 0.3) is 10.9 Å². The summed E-state index contributed by atoms with van der Waals surface area (Å²) in [7, 11) is 0. The standard InChI is InChI=1S/C18H19N5S/c1-2-16-17(3-1)24-18(21-16)23-8-6-22(7-9-23)14-4-5-15-13(10-14)11-19-12-20-15/h4-5,10-12H,1-3,6-9H2. The molecule has 2 aromatic heterocycles. The number of nitrogens with zero attached hydrogens (tertiary/aromatic N) is 5. The first-order valence-electron chi connectivity index (χ1n) is 8.55. The normalized spacial score (nSPS) is 17.5. The van der Waals surface area contributed by atoms with Crippen molar-refractivity contribution in [2.24, 2.45) is 0 Å². The summed E-state index contributed by atoms with van der Waals surface area (Å²) in [6, 6.07) is 6.45. The van der Waals surface area contributed by atoms with Gasteiger partial charge in [-0.15, -0.1) is 11.3 Å². The molecule has 0 radical (unpaired) electrons. The van der Waals surface area contributed by atoms with Gasteiger partial charge < -0.3 is 9.80 Å². The molecule has 122 valence electrons. The molecule has 3 heterocycles. The largest absolute Gasteiger partial charge is 0.368 e. The highest BCUT2D eigenvalue weighted by molar-refractivity contribution is 7.15. The minimum absolute atomic E-state index is 1.00. The molecule has 1 aromatic carbocycles. The molecule has 0 saturated carbocycles. The van der Waals surface area contributed by atoms with Gasteiger partial charge in [-0.25, -0.2) is 15.0 Å². The maximum atomic E-state index is 4.86. The molecule has 0 bridgehead atoms. The number of anilines is 2. The Bertz CT molecular complexity index is 861. The van der Waals surface area contributed by atoms with Gasteiger partial charge in [0.2, 0.25) is 0 Å². The summed E-state index contributed by atoms with van der Waals surface area (Å²) in [4.78, 5) is 19.7. The molecule has 1 aliphatic heterocycles. The Balaban J connectivity index is 1.31. The van der Waals surface area contributed by atoms with Crippen molar-refractivity contribution in [1.29, 1.82) is 0 Å². The Morgan fingerprint density at radius 1 is 1.00 bits per heavy atom. The summed E-state index contributed by atoms with van der Waals surface area (Å²) in [5, 5.41) is 2.33. The molecule has 5 rings (SSSR count). The van der Waals surface area contributed by atoms with Gasteiger partial charge in [-0.05, 0) is 37.5 Å². The van der Waals surface area contributed by atoms with Crippen LogP contribution < -0.4 is 9.80 Å². The van der Waals surface area contributed by atoms with Crippen LogP contribution in [0.5, 0.6) is 0 Å². The average molecular weight is 337 g/mol. The molecular formula is C18H19N5S. The van der Waals surface area contributed by atoms with E-state index in [0.29, 0.717) is 0 Å². The molecule has 0 N–H and O–H groups in total. The molecule has 3 aromatic rings. The number of aromatic nitrogens is 3. The van der Waals surface area contributed by atoms with Crippen LogP contribution in [0, 0.1) is 0 Å². The quantitative estimate of drug-likeness (QED) is 0.719. The second-order valence-electron chi connectivity index (χ2n) is 6.46. The van der Waals surface area contributed by atoms with Crippen molar-refractivity contribution in [2.45, 2.75) is 19.3 Å². The van der Waals surface area contributed by atoms with Gasteiger partial charge in [-0.2, -0.15) is 0 Å². The molecule has 0 spiro atoms. The molecular weight excluding hydrogens is 318 g/mol. The number of thiazole rings is 1. The van der Waals surface area contributed by atoms with Gasteiger partial charge in [0.15, 0.2) is 5.13 Å². The lowest BCUT2D eigenvalue weighted by atomic mass is 10.2. The minimum Gasteiger partial charge on any atom is -0.368 e. The molecule has 1 saturated heterocycles. The number of fused-ring (bicyclic) bond motifs is 2. The number of benzene rings is 1. The maximum Gasteiger partial charge on any atom is 0.185 e. The molecule has 1 fully saturated rings. The molecule has 24 heavy (non-hydrogen) atoms. The smallest absolute Gasteiger partial charge is 0.185 e. The predicted molar refractivity (Wildman–Crippen MR) is 98.1 cm³/mol. The van der Waals surface area contributed by atoms with E-state index in [-0.39, 0.29) is 0 Å². The summed E-state index contributed by atoms with van der Waals surface area (Å²) in [5.74, 6) is 0. The first-order valence-corrected chi connectivity index (χ1v) is 9.37. The van der Waals surface area contributed by atoms with Gasteiger partial charge in [0.05, 0.1) is 11.2 Å². The number of hydrogen-bond donors (Lipinski definition) is 0. The average Bonchev–Trinajstić information content (AvgIpc) is 3.23. The maximum absolute atomic E-state index is 4.86. The molecule has 5 nitrogen and oxygen atoms in total. The van der Waals surface area contributed by atoms with E-state index in [1.54, 1.807) is 6.33 Å². The molecule has 2 aliphatic rings. The van der Waals surface area contributed by atoms with Gasteiger partial charge in [0, 0.05) is 48.3 Å². The lowest BCUT2D eigenvalue weighted by Gasteiger charge is -2.36. The number of piperazine rings is 1. The fourth-order valence-electron chi connectivity index (χ4n) is 3.64. The number of hydrogen-bond acceptors (Lipinski definition) is 6. The van der Waals surface area contributed by atoms with Crippen LogP contribution in [0.3, 0.4) is 0 Å². The van der Waals surface area contributed by atoms with Crippen molar-refractivity contribution in [3.05, 3.63) is 41.3 Å². The van der Waals surface area contributed by atoms with Crippen molar-refractivity contribution in [3.63, 3.8) is 0 Å². The van der Waals surface area contributed by atoms with Crippen molar-refractivity contribution in [2.75, 3.05) is 36.0 Å².